The number of hydrogen-bond acceptors (Lipinski definition) is 7. The van der Waals surface area contributed by atoms with Crippen molar-refractivity contribution in [2.24, 2.45) is 0 Å². The fourth-order valence-electron chi connectivity index (χ4n) is 3.28. The van der Waals surface area contributed by atoms with Crippen molar-refractivity contribution >= 4 is 50.8 Å². The van der Waals surface area contributed by atoms with Crippen molar-refractivity contribution in [1.82, 2.24) is 14.4 Å². The van der Waals surface area contributed by atoms with Crippen molar-refractivity contribution in [1.29, 1.82) is 0 Å². The molecule has 1 aromatic carbocycles. The standard InChI is InChI=1S/C20H24ClN3O5S/c1-14(25)2-5-19(27)29-11-10-22-6-8-23(9-7-22)18(26)13-24-16-12-15(21)3-4-17(16)30-20(24)28/h3-4,12H,2,5-11,13H2,1H3. The van der Waals surface area contributed by atoms with Gasteiger partial charge in [-0.1, -0.05) is 22.9 Å². The van der Waals surface area contributed by atoms with E-state index in [1.54, 1.807) is 23.1 Å². The number of ether oxygens (including phenoxy) is 1. The second-order valence-electron chi connectivity index (χ2n) is 7.21. The molecule has 10 heteroatoms. The fraction of sp³-hybridized carbons (Fsp3) is 0.500. The van der Waals surface area contributed by atoms with Gasteiger partial charge in [0.25, 0.3) is 0 Å². The van der Waals surface area contributed by atoms with Gasteiger partial charge in [-0.05, 0) is 25.1 Å². The monoisotopic (exact) mass is 453 g/mol. The van der Waals surface area contributed by atoms with Gasteiger partial charge >= 0.3 is 10.8 Å². The maximum atomic E-state index is 12.7. The SMILES string of the molecule is CC(=O)CCC(=O)OCCN1CCN(C(=O)Cn2c(=O)sc3ccc(Cl)cc32)CC1. The number of rotatable bonds is 8. The molecule has 3 rings (SSSR count). The number of esters is 1. The second kappa shape index (κ2) is 10.2. The van der Waals surface area contributed by atoms with Crippen molar-refractivity contribution < 1.29 is 19.1 Å². The summed E-state index contributed by atoms with van der Waals surface area (Å²) in [4.78, 5) is 51.1. The highest BCUT2D eigenvalue weighted by Crippen LogP contribution is 2.21. The molecule has 1 aliphatic heterocycles. The molecule has 0 unspecified atom stereocenters. The zero-order valence-corrected chi connectivity index (χ0v) is 18.3. The summed E-state index contributed by atoms with van der Waals surface area (Å²) in [5.74, 6) is -0.506. The summed E-state index contributed by atoms with van der Waals surface area (Å²) >= 11 is 7.14. The van der Waals surface area contributed by atoms with E-state index in [9.17, 15) is 19.2 Å². The van der Waals surface area contributed by atoms with Gasteiger partial charge < -0.3 is 14.4 Å². The maximum Gasteiger partial charge on any atom is 0.308 e. The molecule has 2 aromatic rings. The Morgan fingerprint density at radius 3 is 2.57 bits per heavy atom. The predicted molar refractivity (Wildman–Crippen MR) is 115 cm³/mol. The summed E-state index contributed by atoms with van der Waals surface area (Å²) in [6.07, 6.45) is 0.313. The van der Waals surface area contributed by atoms with Gasteiger partial charge in [0, 0.05) is 44.2 Å². The van der Waals surface area contributed by atoms with Gasteiger partial charge in [0.2, 0.25) is 5.91 Å². The predicted octanol–water partition coefficient (Wildman–Crippen LogP) is 1.77. The van der Waals surface area contributed by atoms with Gasteiger partial charge in [0.1, 0.15) is 18.9 Å². The van der Waals surface area contributed by atoms with E-state index >= 15 is 0 Å². The van der Waals surface area contributed by atoms with E-state index in [0.29, 0.717) is 43.3 Å². The normalized spacial score (nSPS) is 14.8. The van der Waals surface area contributed by atoms with Crippen molar-refractivity contribution in [2.45, 2.75) is 26.3 Å². The molecule has 0 spiro atoms. The summed E-state index contributed by atoms with van der Waals surface area (Å²) in [5, 5.41) is 0.525. The molecule has 0 atom stereocenters. The van der Waals surface area contributed by atoms with Gasteiger partial charge in [-0.25, -0.2) is 0 Å². The number of thiazole rings is 1. The lowest BCUT2D eigenvalue weighted by molar-refractivity contribution is -0.145. The topological polar surface area (TPSA) is 88.9 Å². The third kappa shape index (κ3) is 5.90. The van der Waals surface area contributed by atoms with E-state index in [2.05, 4.69) is 4.90 Å². The minimum Gasteiger partial charge on any atom is -0.464 e. The van der Waals surface area contributed by atoms with E-state index in [4.69, 9.17) is 16.3 Å². The lowest BCUT2D eigenvalue weighted by atomic mass is 10.2. The van der Waals surface area contributed by atoms with Crippen molar-refractivity contribution in [3.63, 3.8) is 0 Å². The number of benzene rings is 1. The summed E-state index contributed by atoms with van der Waals surface area (Å²) in [6.45, 7) is 4.73. The Balaban J connectivity index is 1.45. The Bertz CT molecular complexity index is 994. The minimum atomic E-state index is -0.368. The number of piperazine rings is 1. The molecule has 162 valence electrons. The highest BCUT2D eigenvalue weighted by Gasteiger charge is 2.22. The van der Waals surface area contributed by atoms with Crippen LogP contribution in [0, 0.1) is 0 Å². The average molecular weight is 454 g/mol. The van der Waals surface area contributed by atoms with Gasteiger partial charge in [-0.3, -0.25) is 23.9 Å². The first-order valence-corrected chi connectivity index (χ1v) is 11.0. The van der Waals surface area contributed by atoms with Crippen LogP contribution < -0.4 is 4.87 Å². The highest BCUT2D eigenvalue weighted by molar-refractivity contribution is 7.16. The molecular weight excluding hydrogens is 430 g/mol. The zero-order valence-electron chi connectivity index (χ0n) is 16.8. The quantitative estimate of drug-likeness (QED) is 0.566. The number of nitrogens with zero attached hydrogens (tertiary/aromatic N) is 3. The molecule has 8 nitrogen and oxygen atoms in total. The van der Waals surface area contributed by atoms with Gasteiger partial charge in [0.15, 0.2) is 0 Å². The number of aromatic nitrogens is 1. The first kappa shape index (κ1) is 22.5. The molecule has 0 saturated carbocycles. The van der Waals surface area contributed by atoms with E-state index in [1.807, 2.05) is 0 Å². The Labute approximate surface area is 183 Å². The Morgan fingerprint density at radius 1 is 1.13 bits per heavy atom. The minimum absolute atomic E-state index is 0.00701. The first-order valence-electron chi connectivity index (χ1n) is 9.77. The summed E-state index contributed by atoms with van der Waals surface area (Å²) in [6, 6.07) is 5.22. The lowest BCUT2D eigenvalue weighted by Gasteiger charge is -2.34. The number of carbonyl (C=O) groups excluding carboxylic acids is 3. The third-order valence-corrected chi connectivity index (χ3v) is 6.19. The van der Waals surface area contributed by atoms with E-state index in [1.165, 1.54) is 11.5 Å². The van der Waals surface area contributed by atoms with Crippen LogP contribution in [0.5, 0.6) is 0 Å². The van der Waals surface area contributed by atoms with Crippen LogP contribution >= 0.6 is 22.9 Å². The highest BCUT2D eigenvalue weighted by atomic mass is 35.5. The molecule has 30 heavy (non-hydrogen) atoms. The summed E-state index contributed by atoms with van der Waals surface area (Å²) in [7, 11) is 0. The average Bonchev–Trinajstić information content (AvgIpc) is 3.01. The molecule has 0 radical (unpaired) electrons. The largest absolute Gasteiger partial charge is 0.464 e. The Kier molecular flexibility index (Phi) is 7.63. The Hall–Kier alpha value is -2.23. The molecule has 2 heterocycles. The molecular formula is C20H24ClN3O5S. The molecule has 1 aliphatic rings. The number of fused-ring (bicyclic) bond motifs is 1. The number of amides is 1. The van der Waals surface area contributed by atoms with Crippen molar-refractivity contribution in [3.05, 3.63) is 32.9 Å². The zero-order chi connectivity index (χ0) is 21.7. The van der Waals surface area contributed by atoms with Gasteiger partial charge in [-0.15, -0.1) is 0 Å². The van der Waals surface area contributed by atoms with E-state index in [-0.39, 0.29) is 48.5 Å². The van der Waals surface area contributed by atoms with Crippen molar-refractivity contribution in [3.8, 4) is 0 Å². The van der Waals surface area contributed by atoms with E-state index < -0.39 is 0 Å². The molecule has 0 bridgehead atoms. The molecule has 0 N–H and O–H groups in total. The van der Waals surface area contributed by atoms with Crippen LogP contribution in [0.1, 0.15) is 19.8 Å². The molecule has 1 aromatic heterocycles. The fourth-order valence-corrected chi connectivity index (χ4v) is 4.32. The van der Waals surface area contributed by atoms with Crippen LogP contribution in [-0.4, -0.2) is 71.4 Å². The number of ketones is 1. The van der Waals surface area contributed by atoms with Crippen LogP contribution in [0.2, 0.25) is 5.02 Å². The molecule has 0 aliphatic carbocycles. The van der Waals surface area contributed by atoms with Crippen LogP contribution in [-0.2, 0) is 25.7 Å². The van der Waals surface area contributed by atoms with Crippen LogP contribution in [0.4, 0.5) is 0 Å². The number of hydrogen-bond donors (Lipinski definition) is 0. The Morgan fingerprint density at radius 2 is 1.87 bits per heavy atom. The lowest BCUT2D eigenvalue weighted by Crippen LogP contribution is -2.50. The van der Waals surface area contributed by atoms with Crippen molar-refractivity contribution in [2.75, 3.05) is 39.3 Å². The molecule has 1 amide bonds. The first-order chi connectivity index (χ1) is 14.3. The van der Waals surface area contributed by atoms with Gasteiger partial charge in [-0.2, -0.15) is 0 Å². The summed E-state index contributed by atoms with van der Waals surface area (Å²) in [5.41, 5.74) is 0.677. The van der Waals surface area contributed by atoms with Crippen LogP contribution in [0.25, 0.3) is 10.2 Å². The number of Topliss-reactive ketones (excluding diaryl/α,β-unsaturated/α-hetero) is 1. The summed E-state index contributed by atoms with van der Waals surface area (Å²) < 4.78 is 7.42. The maximum absolute atomic E-state index is 12.7. The van der Waals surface area contributed by atoms with E-state index in [0.717, 1.165) is 16.0 Å². The van der Waals surface area contributed by atoms with Crippen LogP contribution in [0.3, 0.4) is 0 Å². The van der Waals surface area contributed by atoms with Gasteiger partial charge in [0.05, 0.1) is 16.6 Å². The number of halogens is 1. The molecule has 1 saturated heterocycles. The third-order valence-electron chi connectivity index (χ3n) is 5.00. The second-order valence-corrected chi connectivity index (χ2v) is 8.64. The molecule has 1 fully saturated rings. The smallest absolute Gasteiger partial charge is 0.308 e. The van der Waals surface area contributed by atoms with Crippen LogP contribution in [0.15, 0.2) is 23.0 Å². The number of carbonyl (C=O) groups is 3.